The van der Waals surface area contributed by atoms with Crippen molar-refractivity contribution in [2.24, 2.45) is 0 Å². The molecule has 180 valence electrons. The SMILES string of the molecule is CC(=O)OC[C@H]1O[C@H](Oc2ccccc2[N+](=O)[O-])[C@@H](OC(C)=O)[C@H](OC(C)=O)[C@H]1OC(C)=O. The van der Waals surface area contributed by atoms with Gasteiger partial charge in [0.15, 0.2) is 18.0 Å². The van der Waals surface area contributed by atoms with Crippen molar-refractivity contribution in [2.75, 3.05) is 6.61 Å². The van der Waals surface area contributed by atoms with Gasteiger partial charge < -0.3 is 28.4 Å². The number of esters is 4. The Morgan fingerprint density at radius 3 is 1.97 bits per heavy atom. The van der Waals surface area contributed by atoms with E-state index in [9.17, 15) is 29.3 Å². The lowest BCUT2D eigenvalue weighted by Crippen LogP contribution is -2.63. The fourth-order valence-electron chi connectivity index (χ4n) is 3.12. The molecule has 0 aliphatic carbocycles. The van der Waals surface area contributed by atoms with E-state index in [1.165, 1.54) is 24.3 Å². The number of nitrogens with zero attached hydrogens (tertiary/aromatic N) is 1. The summed E-state index contributed by atoms with van der Waals surface area (Å²) in [5, 5.41) is 11.4. The second-order valence-electron chi connectivity index (χ2n) is 6.91. The van der Waals surface area contributed by atoms with Gasteiger partial charge in [0, 0.05) is 33.8 Å². The van der Waals surface area contributed by atoms with Crippen LogP contribution in [0.5, 0.6) is 5.75 Å². The van der Waals surface area contributed by atoms with Gasteiger partial charge in [0.1, 0.15) is 12.7 Å². The number of para-hydroxylation sites is 2. The molecule has 13 heteroatoms. The summed E-state index contributed by atoms with van der Waals surface area (Å²) < 4.78 is 32.1. The predicted molar refractivity (Wildman–Crippen MR) is 106 cm³/mol. The minimum absolute atomic E-state index is 0.233. The van der Waals surface area contributed by atoms with E-state index in [1.807, 2.05) is 0 Å². The molecular weight excluding hydrogens is 446 g/mol. The second kappa shape index (κ2) is 11.2. The molecule has 0 bridgehead atoms. The van der Waals surface area contributed by atoms with Crippen molar-refractivity contribution in [1.29, 1.82) is 0 Å². The third-order valence-electron chi connectivity index (χ3n) is 4.25. The molecule has 1 aliphatic heterocycles. The van der Waals surface area contributed by atoms with Gasteiger partial charge in [0.25, 0.3) is 0 Å². The molecular formula is C20H23NO12. The van der Waals surface area contributed by atoms with Crippen LogP contribution in [0.15, 0.2) is 24.3 Å². The predicted octanol–water partition coefficient (Wildman–Crippen LogP) is 1.06. The van der Waals surface area contributed by atoms with E-state index in [1.54, 1.807) is 0 Å². The van der Waals surface area contributed by atoms with Crippen LogP contribution in [0.1, 0.15) is 27.7 Å². The zero-order valence-electron chi connectivity index (χ0n) is 18.2. The van der Waals surface area contributed by atoms with Crippen LogP contribution in [0, 0.1) is 10.1 Å². The lowest BCUT2D eigenvalue weighted by atomic mass is 9.98. The summed E-state index contributed by atoms with van der Waals surface area (Å²) in [5.74, 6) is -3.33. The maximum absolute atomic E-state index is 11.8. The van der Waals surface area contributed by atoms with E-state index in [4.69, 9.17) is 28.4 Å². The van der Waals surface area contributed by atoms with Crippen molar-refractivity contribution >= 4 is 29.6 Å². The van der Waals surface area contributed by atoms with Gasteiger partial charge in [-0.05, 0) is 6.07 Å². The van der Waals surface area contributed by atoms with Gasteiger partial charge in [-0.25, -0.2) is 0 Å². The lowest BCUT2D eigenvalue weighted by Gasteiger charge is -2.43. The number of rotatable bonds is 8. The van der Waals surface area contributed by atoms with Crippen LogP contribution in [0.25, 0.3) is 0 Å². The molecule has 33 heavy (non-hydrogen) atoms. The quantitative estimate of drug-likeness (QED) is 0.230. The summed E-state index contributed by atoms with van der Waals surface area (Å²) in [6.45, 7) is 3.91. The Balaban J connectivity index is 2.51. The summed E-state index contributed by atoms with van der Waals surface area (Å²) >= 11 is 0. The highest BCUT2D eigenvalue weighted by atomic mass is 16.7. The van der Waals surface area contributed by atoms with Crippen molar-refractivity contribution in [3.05, 3.63) is 34.4 Å². The first kappa shape index (κ1) is 25.5. The zero-order valence-corrected chi connectivity index (χ0v) is 18.2. The van der Waals surface area contributed by atoms with E-state index >= 15 is 0 Å². The summed E-state index contributed by atoms with van der Waals surface area (Å²) in [6, 6.07) is 5.35. The number of hydrogen-bond acceptors (Lipinski definition) is 12. The number of carbonyl (C=O) groups excluding carboxylic acids is 4. The molecule has 5 atom stereocenters. The van der Waals surface area contributed by atoms with Gasteiger partial charge in [-0.1, -0.05) is 12.1 Å². The van der Waals surface area contributed by atoms with E-state index in [2.05, 4.69) is 0 Å². The van der Waals surface area contributed by atoms with Gasteiger partial charge in [-0.15, -0.1) is 0 Å². The Morgan fingerprint density at radius 2 is 1.42 bits per heavy atom. The summed E-state index contributed by atoms with van der Waals surface area (Å²) in [7, 11) is 0. The molecule has 0 spiro atoms. The minimum Gasteiger partial charge on any atom is -0.463 e. The topological polar surface area (TPSA) is 167 Å². The molecule has 0 N–H and O–H groups in total. The van der Waals surface area contributed by atoms with Crippen molar-refractivity contribution in [3.63, 3.8) is 0 Å². The number of nitro groups is 1. The van der Waals surface area contributed by atoms with Gasteiger partial charge in [-0.3, -0.25) is 29.3 Å². The minimum atomic E-state index is -1.56. The van der Waals surface area contributed by atoms with E-state index in [0.29, 0.717) is 0 Å². The highest BCUT2D eigenvalue weighted by molar-refractivity contribution is 5.68. The van der Waals surface area contributed by atoms with E-state index in [-0.39, 0.29) is 5.75 Å². The highest BCUT2D eigenvalue weighted by Gasteiger charge is 2.53. The smallest absolute Gasteiger partial charge is 0.311 e. The molecule has 1 aromatic rings. The largest absolute Gasteiger partial charge is 0.463 e. The standard InChI is InChI=1S/C20H23NO12/c1-10(22)28-9-16-17(29-11(2)23)18(30-12(3)24)19(31-13(4)25)20(33-16)32-15-8-6-5-7-14(15)21(26)27/h5-8,16-20H,9H2,1-4H3/t16-,17+,18-,19+,20+/m1/s1. The molecule has 1 aliphatic rings. The highest BCUT2D eigenvalue weighted by Crippen LogP contribution is 2.34. The van der Waals surface area contributed by atoms with Gasteiger partial charge >= 0.3 is 29.6 Å². The molecule has 1 fully saturated rings. The normalized spacial score (nSPS) is 24.2. The fourth-order valence-corrected chi connectivity index (χ4v) is 3.12. The van der Waals surface area contributed by atoms with Crippen LogP contribution in [0.2, 0.25) is 0 Å². The van der Waals surface area contributed by atoms with Crippen molar-refractivity contribution in [2.45, 2.75) is 58.4 Å². The summed E-state index contributed by atoms with van der Waals surface area (Å²) in [5.41, 5.74) is -0.412. The lowest BCUT2D eigenvalue weighted by molar-refractivity contribution is -0.387. The zero-order chi connectivity index (χ0) is 24.7. The molecule has 13 nitrogen and oxygen atoms in total. The maximum Gasteiger partial charge on any atom is 0.311 e. The van der Waals surface area contributed by atoms with E-state index in [0.717, 1.165) is 27.7 Å². The molecule has 0 aromatic heterocycles. The van der Waals surface area contributed by atoms with Gasteiger partial charge in [0.2, 0.25) is 12.4 Å². The van der Waals surface area contributed by atoms with Crippen LogP contribution >= 0.6 is 0 Å². The van der Waals surface area contributed by atoms with Crippen LogP contribution in [-0.2, 0) is 42.9 Å². The fraction of sp³-hybridized carbons (Fsp3) is 0.500. The maximum atomic E-state index is 11.8. The molecule has 1 aromatic carbocycles. The van der Waals surface area contributed by atoms with Crippen molar-refractivity contribution in [1.82, 2.24) is 0 Å². The van der Waals surface area contributed by atoms with Crippen molar-refractivity contribution < 1.29 is 52.5 Å². The van der Waals surface area contributed by atoms with E-state index < -0.39 is 71.8 Å². The number of carbonyl (C=O) groups is 4. The van der Waals surface area contributed by atoms with Crippen LogP contribution in [0.4, 0.5) is 5.69 Å². The molecule has 0 radical (unpaired) electrons. The van der Waals surface area contributed by atoms with Crippen LogP contribution in [0.3, 0.4) is 0 Å². The Bertz CT molecular complexity index is 916. The van der Waals surface area contributed by atoms with Gasteiger partial charge in [-0.2, -0.15) is 0 Å². The first-order valence-corrected chi connectivity index (χ1v) is 9.70. The first-order valence-electron chi connectivity index (χ1n) is 9.70. The molecule has 2 rings (SSSR count). The number of ether oxygens (including phenoxy) is 6. The number of benzene rings is 1. The number of nitro benzene ring substituents is 1. The second-order valence-corrected chi connectivity index (χ2v) is 6.91. The first-order chi connectivity index (χ1) is 15.5. The Morgan fingerprint density at radius 1 is 0.879 bits per heavy atom. The van der Waals surface area contributed by atoms with Crippen molar-refractivity contribution in [3.8, 4) is 5.75 Å². The Kier molecular flexibility index (Phi) is 8.68. The third-order valence-corrected chi connectivity index (χ3v) is 4.25. The average Bonchev–Trinajstić information content (AvgIpc) is 2.70. The van der Waals surface area contributed by atoms with Crippen LogP contribution < -0.4 is 4.74 Å². The molecule has 0 unspecified atom stereocenters. The monoisotopic (exact) mass is 469 g/mol. The number of hydrogen-bond donors (Lipinski definition) is 0. The Labute approximate surface area is 188 Å². The van der Waals surface area contributed by atoms with Crippen LogP contribution in [-0.4, -0.2) is 66.1 Å². The Hall–Kier alpha value is -3.74. The summed E-state index contributed by atoms with van der Waals surface area (Å²) in [4.78, 5) is 57.3. The molecule has 0 saturated carbocycles. The third kappa shape index (κ3) is 7.14. The average molecular weight is 469 g/mol. The van der Waals surface area contributed by atoms with Gasteiger partial charge in [0.05, 0.1) is 4.92 Å². The molecule has 1 heterocycles. The molecule has 0 amide bonds. The molecule has 1 saturated heterocycles. The summed E-state index contributed by atoms with van der Waals surface area (Å²) in [6.07, 6.45) is -7.10.